The highest BCUT2D eigenvalue weighted by atomic mass is 32.1. The van der Waals surface area contributed by atoms with E-state index in [1.54, 1.807) is 35.9 Å². The van der Waals surface area contributed by atoms with E-state index in [1.165, 1.54) is 4.88 Å². The Morgan fingerprint density at radius 1 is 1.18 bits per heavy atom. The van der Waals surface area contributed by atoms with Gasteiger partial charge >= 0.3 is 0 Å². The Morgan fingerprint density at radius 3 is 2.89 bits per heavy atom. The molecule has 0 saturated heterocycles. The molecule has 0 aliphatic carbocycles. The quantitative estimate of drug-likeness (QED) is 0.627. The van der Waals surface area contributed by atoms with Gasteiger partial charge in [0.15, 0.2) is 5.76 Å². The van der Waals surface area contributed by atoms with E-state index in [0.29, 0.717) is 30.3 Å². The monoisotopic (exact) mass is 390 g/mol. The van der Waals surface area contributed by atoms with Gasteiger partial charge in [0.1, 0.15) is 18.2 Å². The number of fused-ring (bicyclic) bond motifs is 3. The molecule has 2 aliphatic heterocycles. The zero-order valence-electron chi connectivity index (χ0n) is 15.1. The van der Waals surface area contributed by atoms with Gasteiger partial charge in [0.05, 0.1) is 11.1 Å². The summed E-state index contributed by atoms with van der Waals surface area (Å²) >= 11 is 1.77. The van der Waals surface area contributed by atoms with Crippen LogP contribution in [-0.2, 0) is 13.0 Å². The molecule has 3 aromatic rings. The molecular formula is C22H18N2O3S. The van der Waals surface area contributed by atoms with Gasteiger partial charge in [-0.3, -0.25) is 14.7 Å². The number of nitrogens with zero attached hydrogens (tertiary/aromatic N) is 2. The minimum absolute atomic E-state index is 0.0923. The van der Waals surface area contributed by atoms with Gasteiger partial charge in [-0.25, -0.2) is 0 Å². The van der Waals surface area contributed by atoms with Crippen LogP contribution < -0.4 is 9.47 Å². The number of carbonyl (C=O) groups is 1. The molecule has 0 bridgehead atoms. The van der Waals surface area contributed by atoms with Gasteiger partial charge < -0.3 is 9.47 Å². The van der Waals surface area contributed by atoms with Crippen molar-refractivity contribution < 1.29 is 14.3 Å². The number of hydrogen-bond acceptors (Lipinski definition) is 6. The van der Waals surface area contributed by atoms with Crippen molar-refractivity contribution >= 4 is 23.2 Å². The number of benzene rings is 1. The molecule has 0 atom stereocenters. The van der Waals surface area contributed by atoms with Crippen molar-refractivity contribution in [3.63, 3.8) is 0 Å². The lowest BCUT2D eigenvalue weighted by molar-refractivity contribution is 0.0951. The number of aromatic nitrogens is 1. The SMILES string of the molecule is O=C1/C(=C\c2ccncc2)Oc2c1ccc1c2CN(CCc2cccs2)CO1. The maximum absolute atomic E-state index is 12.8. The van der Waals surface area contributed by atoms with Crippen LogP contribution in [0.1, 0.15) is 26.4 Å². The Balaban J connectivity index is 1.39. The van der Waals surface area contributed by atoms with Crippen LogP contribution in [0, 0.1) is 0 Å². The molecule has 1 aromatic carbocycles. The minimum atomic E-state index is -0.0923. The number of pyridine rings is 1. The zero-order chi connectivity index (χ0) is 18.9. The molecule has 2 aromatic heterocycles. The van der Waals surface area contributed by atoms with Crippen LogP contribution in [0.25, 0.3) is 6.08 Å². The van der Waals surface area contributed by atoms with Crippen molar-refractivity contribution in [2.24, 2.45) is 0 Å². The first-order valence-electron chi connectivity index (χ1n) is 9.15. The summed E-state index contributed by atoms with van der Waals surface area (Å²) in [5, 5.41) is 2.10. The summed E-state index contributed by atoms with van der Waals surface area (Å²) in [6.07, 6.45) is 6.13. The smallest absolute Gasteiger partial charge is 0.231 e. The highest BCUT2D eigenvalue weighted by Gasteiger charge is 2.33. The van der Waals surface area contributed by atoms with Crippen LogP contribution in [0.15, 0.2) is 59.9 Å². The molecule has 0 fully saturated rings. The number of ketones is 1. The summed E-state index contributed by atoms with van der Waals surface area (Å²) in [4.78, 5) is 20.4. The molecule has 140 valence electrons. The first kappa shape index (κ1) is 17.2. The average Bonchev–Trinajstić information content (AvgIpc) is 3.36. The summed E-state index contributed by atoms with van der Waals surface area (Å²) in [5.41, 5.74) is 2.43. The van der Waals surface area contributed by atoms with Crippen molar-refractivity contribution in [3.05, 3.63) is 81.5 Å². The van der Waals surface area contributed by atoms with E-state index in [1.807, 2.05) is 18.2 Å². The molecule has 0 saturated carbocycles. The molecule has 5 nitrogen and oxygen atoms in total. The van der Waals surface area contributed by atoms with Crippen molar-refractivity contribution in [1.29, 1.82) is 0 Å². The van der Waals surface area contributed by atoms with Gasteiger partial charge in [-0.15, -0.1) is 11.3 Å². The molecular weight excluding hydrogens is 372 g/mol. The molecule has 0 N–H and O–H groups in total. The summed E-state index contributed by atoms with van der Waals surface area (Å²) < 4.78 is 11.9. The van der Waals surface area contributed by atoms with Crippen molar-refractivity contribution in [1.82, 2.24) is 9.88 Å². The summed E-state index contributed by atoms with van der Waals surface area (Å²) in [5.74, 6) is 1.67. The topological polar surface area (TPSA) is 51.7 Å². The fourth-order valence-corrected chi connectivity index (χ4v) is 4.18. The van der Waals surface area contributed by atoms with Crippen LogP contribution >= 0.6 is 11.3 Å². The van der Waals surface area contributed by atoms with E-state index in [0.717, 1.165) is 29.8 Å². The first-order valence-corrected chi connectivity index (χ1v) is 10.0. The van der Waals surface area contributed by atoms with Crippen molar-refractivity contribution in [2.45, 2.75) is 13.0 Å². The second-order valence-electron chi connectivity index (χ2n) is 6.79. The minimum Gasteiger partial charge on any atom is -0.478 e. The highest BCUT2D eigenvalue weighted by Crippen LogP contribution is 2.42. The van der Waals surface area contributed by atoms with E-state index >= 15 is 0 Å². The van der Waals surface area contributed by atoms with Crippen LogP contribution in [0.4, 0.5) is 0 Å². The standard InChI is InChI=1S/C22H18N2O3S/c25-21-17-3-4-19-18(13-24(14-26-19)10-7-16-2-1-11-28-16)22(17)27-20(21)12-15-5-8-23-9-6-15/h1-6,8-9,11-12H,7,10,13-14H2/b20-12+. The first-order chi connectivity index (χ1) is 13.8. The van der Waals surface area contributed by atoms with Crippen LogP contribution in [0.5, 0.6) is 11.5 Å². The van der Waals surface area contributed by atoms with Crippen LogP contribution in [0.3, 0.4) is 0 Å². The second kappa shape index (κ2) is 7.22. The van der Waals surface area contributed by atoms with E-state index in [2.05, 4.69) is 27.4 Å². The molecule has 6 heteroatoms. The van der Waals surface area contributed by atoms with Gasteiger partial charge in [-0.1, -0.05) is 6.07 Å². The third-order valence-electron chi connectivity index (χ3n) is 4.94. The number of thiophene rings is 1. The molecule has 0 radical (unpaired) electrons. The fourth-order valence-electron chi connectivity index (χ4n) is 3.48. The molecule has 0 unspecified atom stereocenters. The Morgan fingerprint density at radius 2 is 2.07 bits per heavy atom. The van der Waals surface area contributed by atoms with Gasteiger partial charge in [-0.05, 0) is 53.8 Å². The Hall–Kier alpha value is -2.96. The van der Waals surface area contributed by atoms with Crippen LogP contribution in [-0.4, -0.2) is 28.9 Å². The number of Topliss-reactive ketones (excluding diaryl/α,β-unsaturated/α-hetero) is 1. The maximum Gasteiger partial charge on any atom is 0.231 e. The number of allylic oxidation sites excluding steroid dienone is 1. The summed E-state index contributed by atoms with van der Waals surface area (Å²) in [6.45, 7) is 2.15. The molecule has 4 heterocycles. The van der Waals surface area contributed by atoms with Gasteiger partial charge in [0.2, 0.25) is 5.78 Å². The lowest BCUT2D eigenvalue weighted by atomic mass is 10.0. The lowest BCUT2D eigenvalue weighted by Gasteiger charge is -2.29. The van der Waals surface area contributed by atoms with E-state index < -0.39 is 0 Å². The molecule has 0 amide bonds. The highest BCUT2D eigenvalue weighted by molar-refractivity contribution is 7.09. The predicted molar refractivity (Wildman–Crippen MR) is 108 cm³/mol. The third kappa shape index (κ3) is 3.21. The van der Waals surface area contributed by atoms with Crippen molar-refractivity contribution in [2.75, 3.05) is 13.3 Å². The third-order valence-corrected chi connectivity index (χ3v) is 5.88. The Labute approximate surface area is 166 Å². The molecule has 0 spiro atoms. The fraction of sp³-hybridized carbons (Fsp3) is 0.182. The summed E-state index contributed by atoms with van der Waals surface area (Å²) in [6, 6.07) is 11.6. The van der Waals surface area contributed by atoms with Crippen LogP contribution in [0.2, 0.25) is 0 Å². The Bertz CT molecular complexity index is 1050. The average molecular weight is 390 g/mol. The number of carbonyl (C=O) groups excluding carboxylic acids is 1. The second-order valence-corrected chi connectivity index (χ2v) is 7.83. The number of hydrogen-bond donors (Lipinski definition) is 0. The molecule has 2 aliphatic rings. The van der Waals surface area contributed by atoms with E-state index in [4.69, 9.17) is 9.47 Å². The van der Waals surface area contributed by atoms with Gasteiger partial charge in [0.25, 0.3) is 0 Å². The lowest BCUT2D eigenvalue weighted by Crippen LogP contribution is -2.33. The largest absolute Gasteiger partial charge is 0.478 e. The van der Waals surface area contributed by atoms with Gasteiger partial charge in [-0.2, -0.15) is 0 Å². The molecule has 28 heavy (non-hydrogen) atoms. The number of rotatable bonds is 4. The normalized spacial score (nSPS) is 17.1. The summed E-state index contributed by atoms with van der Waals surface area (Å²) in [7, 11) is 0. The molecule has 5 rings (SSSR count). The van der Waals surface area contributed by atoms with Gasteiger partial charge in [0, 0.05) is 30.4 Å². The maximum atomic E-state index is 12.8. The van der Waals surface area contributed by atoms with Crippen molar-refractivity contribution in [3.8, 4) is 11.5 Å². The van der Waals surface area contributed by atoms with E-state index in [-0.39, 0.29) is 5.78 Å². The zero-order valence-corrected chi connectivity index (χ0v) is 15.9. The predicted octanol–water partition coefficient (Wildman–Crippen LogP) is 4.15. The Kier molecular flexibility index (Phi) is 4.43. The number of ether oxygens (including phenoxy) is 2. The van der Waals surface area contributed by atoms with E-state index in [9.17, 15) is 4.79 Å².